The molecule has 2 aliphatic heterocycles. The zero-order valence-corrected chi connectivity index (χ0v) is 16.3. The van der Waals surface area contributed by atoms with Crippen molar-refractivity contribution >= 4 is 27.6 Å². The lowest BCUT2D eigenvalue weighted by Gasteiger charge is -2.33. The maximum atomic E-state index is 11.4. The van der Waals surface area contributed by atoms with E-state index in [2.05, 4.69) is 28.1 Å². The number of thiazole rings is 1. The van der Waals surface area contributed by atoms with Gasteiger partial charge in [-0.3, -0.25) is 4.90 Å². The molecule has 0 radical (unpaired) electrons. The number of urea groups is 1. The molecule has 2 atom stereocenters. The summed E-state index contributed by atoms with van der Waals surface area (Å²) in [5.41, 5.74) is 7.66. The zero-order valence-electron chi connectivity index (χ0n) is 15.5. The number of nitrogens with two attached hydrogens (primary N) is 1. The zero-order chi connectivity index (χ0) is 19.1. The van der Waals surface area contributed by atoms with Crippen LogP contribution in [0.4, 0.5) is 4.79 Å². The number of aromatic nitrogens is 1. The molecule has 2 aromatic carbocycles. The number of primary amides is 1. The van der Waals surface area contributed by atoms with Gasteiger partial charge in [0.05, 0.1) is 10.2 Å². The monoisotopic (exact) mass is 394 g/mol. The molecule has 2 aliphatic rings. The van der Waals surface area contributed by atoms with Gasteiger partial charge in [0.2, 0.25) is 0 Å². The molecule has 28 heavy (non-hydrogen) atoms. The number of likely N-dealkylation sites (tertiary alicyclic amines) is 2. The molecule has 2 bridgehead atoms. The second-order valence-corrected chi connectivity index (χ2v) is 8.47. The molecule has 144 valence electrons. The summed E-state index contributed by atoms with van der Waals surface area (Å²) in [6, 6.07) is 16.7. The number of fused-ring (bicyclic) bond motifs is 3. The van der Waals surface area contributed by atoms with Crippen LogP contribution in [0.15, 0.2) is 48.5 Å². The number of amides is 2. The molecule has 2 amide bonds. The lowest BCUT2D eigenvalue weighted by Crippen LogP contribution is -2.50. The number of nitrogens with zero attached hydrogens (tertiary/aromatic N) is 3. The van der Waals surface area contributed by atoms with E-state index in [1.807, 2.05) is 35.2 Å². The Labute approximate surface area is 167 Å². The number of hydrogen-bond donors (Lipinski definition) is 1. The topological polar surface area (TPSA) is 71.7 Å². The molecule has 3 heterocycles. The fourth-order valence-corrected chi connectivity index (χ4v) is 5.16. The van der Waals surface area contributed by atoms with Crippen LogP contribution >= 0.6 is 11.3 Å². The van der Waals surface area contributed by atoms with Gasteiger partial charge in [-0.05, 0) is 42.7 Å². The Morgan fingerprint density at radius 3 is 2.86 bits per heavy atom. The van der Waals surface area contributed by atoms with Crippen LogP contribution in [0.3, 0.4) is 0 Å². The minimum Gasteiger partial charge on any atom is -0.431 e. The fraction of sp³-hybridized carbons (Fsp3) is 0.333. The lowest BCUT2D eigenvalue weighted by atomic mass is 10.1. The summed E-state index contributed by atoms with van der Waals surface area (Å²) < 4.78 is 7.13. The molecule has 0 spiro atoms. The van der Waals surface area contributed by atoms with Crippen LogP contribution < -0.4 is 10.5 Å². The van der Waals surface area contributed by atoms with Gasteiger partial charge in [0.15, 0.2) is 0 Å². The molecule has 1 aromatic heterocycles. The maximum absolute atomic E-state index is 11.4. The van der Waals surface area contributed by atoms with Gasteiger partial charge in [-0.2, -0.15) is 0 Å². The summed E-state index contributed by atoms with van der Waals surface area (Å²) in [5, 5.41) is 0.668. The number of hydrogen-bond acceptors (Lipinski definition) is 5. The Hall–Kier alpha value is -2.64. The van der Waals surface area contributed by atoms with Crippen molar-refractivity contribution in [1.29, 1.82) is 0 Å². The predicted octanol–water partition coefficient (Wildman–Crippen LogP) is 3.47. The van der Waals surface area contributed by atoms with Gasteiger partial charge >= 0.3 is 6.03 Å². The van der Waals surface area contributed by atoms with E-state index >= 15 is 0 Å². The van der Waals surface area contributed by atoms with Crippen molar-refractivity contribution in [3.8, 4) is 10.9 Å². The standard InChI is InChI=1S/C21H22N4O2S/c22-20(26)25-13-15-11-16(25)12-24(15)9-8-14-4-3-5-17(10-14)27-21-23-18-6-1-2-7-19(18)28-21/h1-7,10,15-16H,8-9,11-13H2,(H2,22,26). The maximum Gasteiger partial charge on any atom is 0.315 e. The average Bonchev–Trinajstić information content (AvgIpc) is 3.39. The number of ether oxygens (including phenoxy) is 1. The first kappa shape index (κ1) is 17.5. The third-order valence-electron chi connectivity index (χ3n) is 5.70. The van der Waals surface area contributed by atoms with E-state index in [1.54, 1.807) is 11.3 Å². The van der Waals surface area contributed by atoms with Gasteiger partial charge in [0, 0.05) is 31.7 Å². The van der Waals surface area contributed by atoms with E-state index in [-0.39, 0.29) is 12.1 Å². The summed E-state index contributed by atoms with van der Waals surface area (Å²) in [6.07, 6.45) is 2.00. The molecule has 2 unspecified atom stereocenters. The number of piperazine rings is 1. The largest absolute Gasteiger partial charge is 0.431 e. The molecule has 2 N–H and O–H groups in total. The summed E-state index contributed by atoms with van der Waals surface area (Å²) >= 11 is 1.56. The van der Waals surface area contributed by atoms with Gasteiger partial charge < -0.3 is 15.4 Å². The molecule has 0 saturated carbocycles. The van der Waals surface area contributed by atoms with E-state index in [1.165, 1.54) is 5.56 Å². The van der Waals surface area contributed by atoms with E-state index in [9.17, 15) is 4.79 Å². The minimum absolute atomic E-state index is 0.285. The number of para-hydroxylation sites is 1. The Kier molecular flexibility index (Phi) is 4.41. The summed E-state index contributed by atoms with van der Waals surface area (Å²) in [4.78, 5) is 20.3. The number of carbonyl (C=O) groups is 1. The molecule has 0 aliphatic carbocycles. The Morgan fingerprint density at radius 1 is 1.18 bits per heavy atom. The van der Waals surface area contributed by atoms with Crippen molar-refractivity contribution in [3.63, 3.8) is 0 Å². The highest BCUT2D eigenvalue weighted by atomic mass is 32.1. The highest BCUT2D eigenvalue weighted by Crippen LogP contribution is 2.32. The van der Waals surface area contributed by atoms with Crippen molar-refractivity contribution in [1.82, 2.24) is 14.8 Å². The summed E-state index contributed by atoms with van der Waals surface area (Å²) in [5.74, 6) is 0.819. The summed E-state index contributed by atoms with van der Waals surface area (Å²) in [7, 11) is 0. The molecular weight excluding hydrogens is 372 g/mol. The van der Waals surface area contributed by atoms with E-state index in [4.69, 9.17) is 10.5 Å². The van der Waals surface area contributed by atoms with Gasteiger partial charge in [0.1, 0.15) is 5.75 Å². The highest BCUT2D eigenvalue weighted by Gasteiger charge is 2.44. The Morgan fingerprint density at radius 2 is 2.07 bits per heavy atom. The quantitative estimate of drug-likeness (QED) is 0.719. The SMILES string of the molecule is NC(=O)N1CC2CC1CN2CCc1cccc(Oc2nc3ccccc3s2)c1. The third-order valence-corrected chi connectivity index (χ3v) is 6.62. The van der Waals surface area contributed by atoms with Crippen molar-refractivity contribution in [2.75, 3.05) is 19.6 Å². The van der Waals surface area contributed by atoms with Crippen molar-refractivity contribution in [2.45, 2.75) is 24.9 Å². The normalized spacial score (nSPS) is 21.5. The number of carbonyl (C=O) groups excluding carboxylic acids is 1. The predicted molar refractivity (Wildman–Crippen MR) is 110 cm³/mol. The molecule has 3 aromatic rings. The van der Waals surface area contributed by atoms with Crippen molar-refractivity contribution in [3.05, 3.63) is 54.1 Å². The Bertz CT molecular complexity index is 987. The minimum atomic E-state index is -0.285. The first-order chi connectivity index (χ1) is 13.7. The smallest absolute Gasteiger partial charge is 0.315 e. The Balaban J connectivity index is 1.21. The third kappa shape index (κ3) is 3.31. The van der Waals surface area contributed by atoms with Crippen LogP contribution in [0, 0.1) is 0 Å². The molecule has 5 rings (SSSR count). The molecule has 2 saturated heterocycles. The molecule has 6 nitrogen and oxygen atoms in total. The van der Waals surface area contributed by atoms with E-state index < -0.39 is 0 Å². The lowest BCUT2D eigenvalue weighted by molar-refractivity contribution is 0.142. The summed E-state index contributed by atoms with van der Waals surface area (Å²) in [6.45, 7) is 2.68. The van der Waals surface area contributed by atoms with Gasteiger partial charge in [-0.15, -0.1) is 0 Å². The molecule has 2 fully saturated rings. The van der Waals surface area contributed by atoms with Crippen molar-refractivity contribution in [2.24, 2.45) is 5.73 Å². The van der Waals surface area contributed by atoms with Crippen LogP contribution in [-0.4, -0.2) is 52.5 Å². The second-order valence-electron chi connectivity index (χ2n) is 7.48. The molecular formula is C21H22N4O2S. The van der Waals surface area contributed by atoms with Gasteiger partial charge in [-0.1, -0.05) is 35.6 Å². The van der Waals surface area contributed by atoms with Gasteiger partial charge in [-0.25, -0.2) is 9.78 Å². The van der Waals surface area contributed by atoms with Crippen LogP contribution in [0.1, 0.15) is 12.0 Å². The first-order valence-corrected chi connectivity index (χ1v) is 10.4. The fourth-order valence-electron chi connectivity index (χ4n) is 4.33. The average molecular weight is 395 g/mol. The second kappa shape index (κ2) is 7.07. The van der Waals surface area contributed by atoms with Crippen LogP contribution in [-0.2, 0) is 6.42 Å². The van der Waals surface area contributed by atoms with Crippen molar-refractivity contribution < 1.29 is 9.53 Å². The molecule has 7 heteroatoms. The van der Waals surface area contributed by atoms with E-state index in [0.29, 0.717) is 11.2 Å². The van der Waals surface area contributed by atoms with Crippen LogP contribution in [0.5, 0.6) is 10.9 Å². The highest BCUT2D eigenvalue weighted by molar-refractivity contribution is 7.20. The van der Waals surface area contributed by atoms with E-state index in [0.717, 1.165) is 48.4 Å². The van der Waals surface area contributed by atoms with Crippen LogP contribution in [0.2, 0.25) is 0 Å². The first-order valence-electron chi connectivity index (χ1n) is 9.58. The number of rotatable bonds is 5. The number of benzene rings is 2. The van der Waals surface area contributed by atoms with Crippen LogP contribution in [0.25, 0.3) is 10.2 Å². The van der Waals surface area contributed by atoms with Gasteiger partial charge in [0.25, 0.3) is 5.19 Å².